The van der Waals surface area contributed by atoms with Gasteiger partial charge >= 0.3 is 0 Å². The molecular formula is C19H23N5O2. The highest BCUT2D eigenvalue weighted by Crippen LogP contribution is 2.53. The Labute approximate surface area is 152 Å². The van der Waals surface area contributed by atoms with E-state index in [1.165, 1.54) is 19.2 Å². The van der Waals surface area contributed by atoms with Gasteiger partial charge in [-0.3, -0.25) is 9.59 Å². The van der Waals surface area contributed by atoms with Gasteiger partial charge in [0.25, 0.3) is 5.91 Å². The average molecular weight is 353 g/mol. The van der Waals surface area contributed by atoms with Crippen molar-refractivity contribution >= 4 is 11.8 Å². The molecule has 7 nitrogen and oxygen atoms in total. The molecule has 1 N–H and O–H groups in total. The van der Waals surface area contributed by atoms with E-state index in [0.717, 1.165) is 31.6 Å². The van der Waals surface area contributed by atoms with E-state index in [0.29, 0.717) is 5.41 Å². The summed E-state index contributed by atoms with van der Waals surface area (Å²) in [5.74, 6) is -0.406. The van der Waals surface area contributed by atoms with Gasteiger partial charge < -0.3 is 10.2 Å². The summed E-state index contributed by atoms with van der Waals surface area (Å²) in [5, 5.41) is 6.93. The topological polar surface area (TPSA) is 80.1 Å². The van der Waals surface area contributed by atoms with Gasteiger partial charge in [0.05, 0.1) is 5.69 Å². The molecule has 2 aromatic rings. The Morgan fingerprint density at radius 3 is 2.46 bits per heavy atom. The number of aromatic nitrogens is 3. The second-order valence-corrected chi connectivity index (χ2v) is 7.37. The number of nitrogens with one attached hydrogen (secondary N) is 1. The number of benzene rings is 1. The molecule has 136 valence electrons. The van der Waals surface area contributed by atoms with E-state index < -0.39 is 11.9 Å². The van der Waals surface area contributed by atoms with Crippen LogP contribution in [0, 0.1) is 5.41 Å². The fourth-order valence-electron chi connectivity index (χ4n) is 3.55. The van der Waals surface area contributed by atoms with Gasteiger partial charge in [0.15, 0.2) is 0 Å². The minimum Gasteiger partial charge on any atom is -0.341 e. The second-order valence-electron chi connectivity index (χ2n) is 7.37. The smallest absolute Gasteiger partial charge is 0.291 e. The fourth-order valence-corrected chi connectivity index (χ4v) is 3.55. The van der Waals surface area contributed by atoms with Crippen molar-refractivity contribution in [3.8, 4) is 5.69 Å². The van der Waals surface area contributed by atoms with Crippen molar-refractivity contribution in [1.29, 1.82) is 0 Å². The highest BCUT2D eigenvalue weighted by molar-refractivity contribution is 5.94. The SMILES string of the molecule is CC(NC(=O)c1ncn(-c2ccccc2)n1)C(=O)N1CCC2(CC1)CC2. The average Bonchev–Trinajstić information content (AvgIpc) is 3.23. The molecule has 1 unspecified atom stereocenters. The quantitative estimate of drug-likeness (QED) is 0.909. The Balaban J connectivity index is 1.35. The van der Waals surface area contributed by atoms with E-state index in [9.17, 15) is 9.59 Å². The van der Waals surface area contributed by atoms with E-state index in [1.807, 2.05) is 35.2 Å². The Kier molecular flexibility index (Phi) is 4.22. The molecule has 2 heterocycles. The van der Waals surface area contributed by atoms with Crippen LogP contribution in [0.2, 0.25) is 0 Å². The lowest BCUT2D eigenvalue weighted by Crippen LogP contribution is -2.49. The number of likely N-dealkylation sites (tertiary alicyclic amines) is 1. The molecular weight excluding hydrogens is 330 g/mol. The number of hydrogen-bond donors (Lipinski definition) is 1. The monoisotopic (exact) mass is 353 g/mol. The molecule has 1 aromatic heterocycles. The van der Waals surface area contributed by atoms with Crippen molar-refractivity contribution in [2.75, 3.05) is 13.1 Å². The standard InChI is InChI=1S/C19H23N5O2/c1-14(18(26)23-11-9-19(7-8-19)10-12-23)21-17(25)16-20-13-24(22-16)15-5-3-2-4-6-15/h2-6,13-14H,7-12H2,1H3,(H,21,25). The summed E-state index contributed by atoms with van der Waals surface area (Å²) in [6, 6.07) is 8.87. The van der Waals surface area contributed by atoms with Crippen molar-refractivity contribution in [2.45, 2.75) is 38.6 Å². The van der Waals surface area contributed by atoms with Gasteiger partial charge in [0.2, 0.25) is 11.7 Å². The van der Waals surface area contributed by atoms with Crippen LogP contribution in [0.3, 0.4) is 0 Å². The molecule has 1 saturated carbocycles. The Hall–Kier alpha value is -2.70. The molecule has 1 aromatic carbocycles. The Morgan fingerprint density at radius 1 is 1.12 bits per heavy atom. The molecule has 1 spiro atoms. The molecule has 0 bridgehead atoms. The number of hydrogen-bond acceptors (Lipinski definition) is 4. The van der Waals surface area contributed by atoms with Crippen LogP contribution in [0.15, 0.2) is 36.7 Å². The van der Waals surface area contributed by atoms with Crippen LogP contribution in [-0.4, -0.2) is 50.6 Å². The van der Waals surface area contributed by atoms with Crippen LogP contribution < -0.4 is 5.32 Å². The van der Waals surface area contributed by atoms with Gasteiger partial charge in [-0.15, -0.1) is 5.10 Å². The molecule has 26 heavy (non-hydrogen) atoms. The highest BCUT2D eigenvalue weighted by Gasteiger charge is 2.45. The third-order valence-electron chi connectivity index (χ3n) is 5.53. The van der Waals surface area contributed by atoms with Crippen LogP contribution in [0.25, 0.3) is 5.69 Å². The second kappa shape index (κ2) is 6.55. The molecule has 1 aliphatic carbocycles. The van der Waals surface area contributed by atoms with Crippen molar-refractivity contribution in [3.63, 3.8) is 0 Å². The summed E-state index contributed by atoms with van der Waals surface area (Å²) < 4.78 is 1.54. The summed E-state index contributed by atoms with van der Waals surface area (Å²) in [5.41, 5.74) is 1.35. The highest BCUT2D eigenvalue weighted by atomic mass is 16.2. The van der Waals surface area contributed by atoms with Gasteiger partial charge in [0, 0.05) is 13.1 Å². The molecule has 0 radical (unpaired) electrons. The summed E-state index contributed by atoms with van der Waals surface area (Å²) in [7, 11) is 0. The maximum absolute atomic E-state index is 12.6. The largest absolute Gasteiger partial charge is 0.341 e. The third kappa shape index (κ3) is 3.34. The van der Waals surface area contributed by atoms with Crippen molar-refractivity contribution < 1.29 is 9.59 Å². The zero-order chi connectivity index (χ0) is 18.1. The van der Waals surface area contributed by atoms with E-state index >= 15 is 0 Å². The zero-order valence-electron chi connectivity index (χ0n) is 14.9. The first kappa shape index (κ1) is 16.8. The lowest BCUT2D eigenvalue weighted by molar-refractivity contribution is -0.134. The number of para-hydroxylation sites is 1. The third-order valence-corrected chi connectivity index (χ3v) is 5.53. The van der Waals surface area contributed by atoms with Crippen molar-refractivity contribution in [3.05, 3.63) is 42.5 Å². The lowest BCUT2D eigenvalue weighted by atomic mass is 9.93. The van der Waals surface area contributed by atoms with E-state index in [2.05, 4.69) is 15.4 Å². The number of carbonyl (C=O) groups is 2. The number of carbonyl (C=O) groups excluding carboxylic acids is 2. The summed E-state index contributed by atoms with van der Waals surface area (Å²) in [6.45, 7) is 3.30. The predicted octanol–water partition coefficient (Wildman–Crippen LogP) is 1.79. The minimum atomic E-state index is -0.584. The lowest BCUT2D eigenvalue weighted by Gasteiger charge is -2.33. The fraction of sp³-hybridized carbons (Fsp3) is 0.474. The molecule has 2 aliphatic rings. The van der Waals surface area contributed by atoms with Gasteiger partial charge in [-0.25, -0.2) is 9.67 Å². The number of nitrogens with zero attached hydrogens (tertiary/aromatic N) is 4. The Bertz CT molecular complexity index is 802. The molecule has 2 amide bonds. The maximum atomic E-state index is 12.6. The first-order valence-electron chi connectivity index (χ1n) is 9.13. The number of piperidine rings is 1. The van der Waals surface area contributed by atoms with E-state index in [-0.39, 0.29) is 11.7 Å². The van der Waals surface area contributed by atoms with Crippen molar-refractivity contribution in [1.82, 2.24) is 25.0 Å². The van der Waals surface area contributed by atoms with Crippen LogP contribution >= 0.6 is 0 Å². The maximum Gasteiger partial charge on any atom is 0.291 e. The normalized spacial score (nSPS) is 19.2. The molecule has 4 rings (SSSR count). The van der Waals surface area contributed by atoms with Crippen LogP contribution in [0.1, 0.15) is 43.2 Å². The van der Waals surface area contributed by atoms with Gasteiger partial charge in [-0.05, 0) is 50.2 Å². The Morgan fingerprint density at radius 2 is 1.81 bits per heavy atom. The molecule has 1 saturated heterocycles. The van der Waals surface area contributed by atoms with Gasteiger partial charge in [-0.1, -0.05) is 18.2 Å². The van der Waals surface area contributed by atoms with E-state index in [4.69, 9.17) is 0 Å². The van der Waals surface area contributed by atoms with Gasteiger partial charge in [0.1, 0.15) is 12.4 Å². The van der Waals surface area contributed by atoms with Crippen LogP contribution in [0.5, 0.6) is 0 Å². The van der Waals surface area contributed by atoms with Gasteiger partial charge in [-0.2, -0.15) is 0 Å². The summed E-state index contributed by atoms with van der Waals surface area (Å²) in [6.07, 6.45) is 6.27. The van der Waals surface area contributed by atoms with Crippen molar-refractivity contribution in [2.24, 2.45) is 5.41 Å². The molecule has 1 atom stereocenters. The van der Waals surface area contributed by atoms with Crippen LogP contribution in [-0.2, 0) is 4.79 Å². The summed E-state index contributed by atoms with van der Waals surface area (Å²) in [4.78, 5) is 30.9. The number of rotatable bonds is 4. The van der Waals surface area contributed by atoms with Crippen LogP contribution in [0.4, 0.5) is 0 Å². The molecule has 2 fully saturated rings. The minimum absolute atomic E-state index is 0.0312. The zero-order valence-corrected chi connectivity index (χ0v) is 14.9. The molecule has 7 heteroatoms. The summed E-state index contributed by atoms with van der Waals surface area (Å²) >= 11 is 0. The predicted molar refractivity (Wildman–Crippen MR) is 95.8 cm³/mol. The first-order chi connectivity index (χ1) is 12.6. The number of amides is 2. The molecule has 1 aliphatic heterocycles. The van der Waals surface area contributed by atoms with E-state index in [1.54, 1.807) is 11.6 Å². The first-order valence-corrected chi connectivity index (χ1v) is 9.13.